The second-order valence-electron chi connectivity index (χ2n) is 7.37. The average Bonchev–Trinajstić information content (AvgIpc) is 3.51. The molecule has 142 valence electrons. The summed E-state index contributed by atoms with van der Waals surface area (Å²) in [5.74, 6) is 1.42. The molecule has 2 N–H and O–H groups in total. The molecule has 0 aliphatic heterocycles. The van der Waals surface area contributed by atoms with Crippen molar-refractivity contribution in [1.29, 1.82) is 0 Å². The molecule has 0 unspecified atom stereocenters. The first kappa shape index (κ1) is 19.0. The summed E-state index contributed by atoms with van der Waals surface area (Å²) in [6.07, 6.45) is 1.99. The van der Waals surface area contributed by atoms with Gasteiger partial charge in [0.2, 0.25) is 5.91 Å². The smallest absolute Gasteiger partial charge is 0.255 e. The predicted molar refractivity (Wildman–Crippen MR) is 106 cm³/mol. The van der Waals surface area contributed by atoms with Gasteiger partial charge >= 0.3 is 0 Å². The van der Waals surface area contributed by atoms with Crippen LogP contribution in [0.25, 0.3) is 0 Å². The minimum Gasteiger partial charge on any atom is -0.493 e. The monoisotopic (exact) mass is 366 g/mol. The third kappa shape index (κ3) is 5.84. The fourth-order valence-electron chi connectivity index (χ4n) is 2.55. The highest BCUT2D eigenvalue weighted by atomic mass is 16.5. The fourth-order valence-corrected chi connectivity index (χ4v) is 2.55. The van der Waals surface area contributed by atoms with Gasteiger partial charge in [-0.25, -0.2) is 0 Å². The lowest BCUT2D eigenvalue weighted by atomic mass is 10.1. The van der Waals surface area contributed by atoms with Crippen molar-refractivity contribution in [2.75, 3.05) is 11.9 Å². The topological polar surface area (TPSA) is 67.4 Å². The van der Waals surface area contributed by atoms with Crippen LogP contribution < -0.4 is 15.4 Å². The fraction of sp³-hybridized carbons (Fsp3) is 0.364. The molecule has 0 aromatic heterocycles. The summed E-state index contributed by atoms with van der Waals surface area (Å²) in [7, 11) is 0. The SMILES string of the molecule is CC(C)COc1ccc(NC(=O)c2ccc(CNC(=O)C3CC3)cc2)cc1. The molecule has 5 heteroatoms. The maximum absolute atomic E-state index is 12.4. The average molecular weight is 366 g/mol. The van der Waals surface area contributed by atoms with Gasteiger partial charge in [-0.2, -0.15) is 0 Å². The van der Waals surface area contributed by atoms with Crippen molar-refractivity contribution in [2.24, 2.45) is 11.8 Å². The van der Waals surface area contributed by atoms with Crippen molar-refractivity contribution in [1.82, 2.24) is 5.32 Å². The number of rotatable bonds is 8. The van der Waals surface area contributed by atoms with Crippen LogP contribution in [0.15, 0.2) is 48.5 Å². The van der Waals surface area contributed by atoms with E-state index < -0.39 is 0 Å². The molecule has 2 amide bonds. The molecule has 2 aromatic carbocycles. The van der Waals surface area contributed by atoms with Crippen molar-refractivity contribution >= 4 is 17.5 Å². The summed E-state index contributed by atoms with van der Waals surface area (Å²) in [6, 6.07) is 14.6. The molecule has 1 saturated carbocycles. The normalized spacial score (nSPS) is 13.3. The van der Waals surface area contributed by atoms with E-state index in [1.165, 1.54) is 0 Å². The molecule has 27 heavy (non-hydrogen) atoms. The number of carbonyl (C=O) groups is 2. The second kappa shape index (κ2) is 8.71. The highest BCUT2D eigenvalue weighted by Gasteiger charge is 2.29. The number of hydrogen-bond acceptors (Lipinski definition) is 3. The molecule has 5 nitrogen and oxygen atoms in total. The quantitative estimate of drug-likeness (QED) is 0.742. The van der Waals surface area contributed by atoms with Gasteiger partial charge in [-0.1, -0.05) is 26.0 Å². The standard InChI is InChI=1S/C22H26N2O3/c1-15(2)14-27-20-11-9-19(10-12-20)24-22(26)18-5-3-16(4-6-18)13-23-21(25)17-7-8-17/h3-6,9-12,15,17H,7-8,13-14H2,1-2H3,(H,23,25)(H,24,26). The van der Waals surface area contributed by atoms with E-state index in [1.807, 2.05) is 36.4 Å². The van der Waals surface area contributed by atoms with Crippen LogP contribution in [0.4, 0.5) is 5.69 Å². The maximum Gasteiger partial charge on any atom is 0.255 e. The largest absolute Gasteiger partial charge is 0.493 e. The number of ether oxygens (including phenoxy) is 1. The Labute approximate surface area is 160 Å². The third-order valence-electron chi connectivity index (χ3n) is 4.33. The molecular formula is C22H26N2O3. The van der Waals surface area contributed by atoms with Crippen molar-refractivity contribution in [2.45, 2.75) is 33.2 Å². The van der Waals surface area contributed by atoms with Crippen LogP contribution in [0.1, 0.15) is 42.6 Å². The second-order valence-corrected chi connectivity index (χ2v) is 7.37. The van der Waals surface area contributed by atoms with Crippen LogP contribution in [0.5, 0.6) is 5.75 Å². The molecule has 0 saturated heterocycles. The number of amides is 2. The number of nitrogens with one attached hydrogen (secondary N) is 2. The molecule has 1 aliphatic carbocycles. The summed E-state index contributed by atoms with van der Waals surface area (Å²) in [5, 5.41) is 5.80. The first-order valence-electron chi connectivity index (χ1n) is 9.42. The van der Waals surface area contributed by atoms with Gasteiger partial charge in [-0.05, 0) is 60.7 Å². The Hall–Kier alpha value is -2.82. The zero-order valence-electron chi connectivity index (χ0n) is 15.8. The van der Waals surface area contributed by atoms with Crippen molar-refractivity contribution in [3.05, 3.63) is 59.7 Å². The molecule has 0 heterocycles. The molecule has 3 rings (SSSR count). The summed E-state index contributed by atoms with van der Waals surface area (Å²) in [4.78, 5) is 24.0. The number of hydrogen-bond donors (Lipinski definition) is 2. The molecule has 0 bridgehead atoms. The van der Waals surface area contributed by atoms with Crippen molar-refractivity contribution < 1.29 is 14.3 Å². The Morgan fingerprint density at radius 1 is 1.04 bits per heavy atom. The van der Waals surface area contributed by atoms with Gasteiger partial charge in [0.05, 0.1) is 6.61 Å². The Bertz CT molecular complexity index is 778. The summed E-state index contributed by atoms with van der Waals surface area (Å²) < 4.78 is 5.64. The van der Waals surface area contributed by atoms with Gasteiger partial charge in [-0.15, -0.1) is 0 Å². The van der Waals surface area contributed by atoms with Crippen LogP contribution in [0, 0.1) is 11.8 Å². The van der Waals surface area contributed by atoms with E-state index >= 15 is 0 Å². The molecule has 2 aromatic rings. The van der Waals surface area contributed by atoms with Gasteiger partial charge in [0.25, 0.3) is 5.91 Å². The van der Waals surface area contributed by atoms with Crippen LogP contribution in [-0.4, -0.2) is 18.4 Å². The molecule has 1 fully saturated rings. The van der Waals surface area contributed by atoms with Crippen LogP contribution in [-0.2, 0) is 11.3 Å². The Kier molecular flexibility index (Phi) is 6.12. The van der Waals surface area contributed by atoms with E-state index in [9.17, 15) is 9.59 Å². The Morgan fingerprint density at radius 3 is 2.30 bits per heavy atom. The van der Waals surface area contributed by atoms with E-state index in [4.69, 9.17) is 4.74 Å². The third-order valence-corrected chi connectivity index (χ3v) is 4.33. The molecular weight excluding hydrogens is 340 g/mol. The van der Waals surface area contributed by atoms with Crippen molar-refractivity contribution in [3.8, 4) is 5.75 Å². The first-order chi connectivity index (χ1) is 13.0. The van der Waals surface area contributed by atoms with E-state index in [1.54, 1.807) is 12.1 Å². The minimum atomic E-state index is -0.167. The molecule has 0 radical (unpaired) electrons. The van der Waals surface area contributed by atoms with Gasteiger partial charge in [0.1, 0.15) is 5.75 Å². The lowest BCUT2D eigenvalue weighted by Gasteiger charge is -2.10. The van der Waals surface area contributed by atoms with Crippen LogP contribution >= 0.6 is 0 Å². The lowest BCUT2D eigenvalue weighted by molar-refractivity contribution is -0.122. The summed E-state index contributed by atoms with van der Waals surface area (Å²) in [5.41, 5.74) is 2.28. The lowest BCUT2D eigenvalue weighted by Crippen LogP contribution is -2.24. The van der Waals surface area contributed by atoms with Gasteiger partial charge in [0, 0.05) is 23.7 Å². The first-order valence-corrected chi connectivity index (χ1v) is 9.42. The van der Waals surface area contributed by atoms with Crippen LogP contribution in [0.2, 0.25) is 0 Å². The maximum atomic E-state index is 12.4. The molecule has 0 spiro atoms. The highest BCUT2D eigenvalue weighted by Crippen LogP contribution is 2.28. The number of anilines is 1. The summed E-state index contributed by atoms with van der Waals surface area (Å²) in [6.45, 7) is 5.36. The number of benzene rings is 2. The van der Waals surface area contributed by atoms with Gasteiger partial charge in [-0.3, -0.25) is 9.59 Å². The van der Waals surface area contributed by atoms with E-state index in [0.717, 1.165) is 29.8 Å². The van der Waals surface area contributed by atoms with Crippen molar-refractivity contribution in [3.63, 3.8) is 0 Å². The zero-order valence-corrected chi connectivity index (χ0v) is 15.8. The highest BCUT2D eigenvalue weighted by molar-refractivity contribution is 6.04. The minimum absolute atomic E-state index is 0.123. The molecule has 1 aliphatic rings. The van der Waals surface area contributed by atoms with E-state index in [-0.39, 0.29) is 17.7 Å². The summed E-state index contributed by atoms with van der Waals surface area (Å²) >= 11 is 0. The molecule has 0 atom stereocenters. The van der Waals surface area contributed by atoms with Gasteiger partial charge in [0.15, 0.2) is 0 Å². The Morgan fingerprint density at radius 2 is 1.70 bits per heavy atom. The van der Waals surface area contributed by atoms with Gasteiger partial charge < -0.3 is 15.4 Å². The van der Waals surface area contributed by atoms with E-state index in [2.05, 4.69) is 24.5 Å². The predicted octanol–water partition coefficient (Wildman–Crippen LogP) is 4.00. The zero-order chi connectivity index (χ0) is 19.2. The van der Waals surface area contributed by atoms with Crippen LogP contribution in [0.3, 0.4) is 0 Å². The van der Waals surface area contributed by atoms with E-state index in [0.29, 0.717) is 24.6 Å². The Balaban J connectivity index is 1.50. The number of carbonyl (C=O) groups excluding carboxylic acids is 2.